The number of benzene rings is 1. The lowest BCUT2D eigenvalue weighted by Gasteiger charge is -2.25. The smallest absolute Gasteiger partial charge is 0.257 e. The molecule has 0 saturated carbocycles. The van der Waals surface area contributed by atoms with Gasteiger partial charge in [-0.2, -0.15) is 0 Å². The van der Waals surface area contributed by atoms with Crippen LogP contribution in [-0.2, 0) is 0 Å². The van der Waals surface area contributed by atoms with Crippen LogP contribution in [0.25, 0.3) is 0 Å². The fourth-order valence-electron chi connectivity index (χ4n) is 2.51. The minimum absolute atomic E-state index is 0.0619. The molecule has 20 heavy (non-hydrogen) atoms. The van der Waals surface area contributed by atoms with E-state index in [9.17, 15) is 15.0 Å². The van der Waals surface area contributed by atoms with E-state index in [0.29, 0.717) is 18.8 Å². The van der Waals surface area contributed by atoms with E-state index in [4.69, 9.17) is 4.74 Å². The number of aliphatic hydroxyl groups is 1. The fourth-order valence-corrected chi connectivity index (χ4v) is 2.51. The third kappa shape index (κ3) is 2.88. The number of amides is 1. The van der Waals surface area contributed by atoms with Crippen LogP contribution in [0, 0.1) is 5.92 Å². The van der Waals surface area contributed by atoms with Gasteiger partial charge in [0.15, 0.2) is 0 Å². The van der Waals surface area contributed by atoms with Crippen molar-refractivity contribution in [2.45, 2.75) is 25.9 Å². The maximum Gasteiger partial charge on any atom is 0.257 e. The summed E-state index contributed by atoms with van der Waals surface area (Å²) < 4.78 is 5.00. The minimum atomic E-state index is -0.795. The molecule has 1 atom stereocenters. The van der Waals surface area contributed by atoms with Gasteiger partial charge in [0.1, 0.15) is 11.5 Å². The average molecular weight is 279 g/mol. The average Bonchev–Trinajstić information content (AvgIpc) is 2.87. The molecule has 1 aliphatic heterocycles. The molecule has 2 rings (SSSR count). The van der Waals surface area contributed by atoms with Crippen LogP contribution in [0.2, 0.25) is 0 Å². The predicted molar refractivity (Wildman–Crippen MR) is 75.0 cm³/mol. The molecule has 0 bridgehead atoms. The summed E-state index contributed by atoms with van der Waals surface area (Å²) >= 11 is 0. The van der Waals surface area contributed by atoms with E-state index in [1.54, 1.807) is 30.9 Å². The van der Waals surface area contributed by atoms with Gasteiger partial charge in [0.25, 0.3) is 5.91 Å². The van der Waals surface area contributed by atoms with Gasteiger partial charge in [-0.1, -0.05) is 0 Å². The van der Waals surface area contributed by atoms with Gasteiger partial charge >= 0.3 is 0 Å². The summed E-state index contributed by atoms with van der Waals surface area (Å²) in [6.07, 6.45) is 0.770. The highest BCUT2D eigenvalue weighted by molar-refractivity contribution is 5.97. The number of nitrogens with zero attached hydrogens (tertiary/aromatic N) is 1. The normalized spacial score (nSPS) is 19.2. The van der Waals surface area contributed by atoms with Crippen LogP contribution < -0.4 is 4.74 Å². The van der Waals surface area contributed by atoms with Crippen molar-refractivity contribution in [2.75, 3.05) is 20.2 Å². The van der Waals surface area contributed by atoms with Crippen LogP contribution >= 0.6 is 0 Å². The van der Waals surface area contributed by atoms with Crippen LogP contribution in [-0.4, -0.2) is 46.8 Å². The molecular formula is C15H21NO4. The van der Waals surface area contributed by atoms with Gasteiger partial charge < -0.3 is 19.8 Å². The highest BCUT2D eigenvalue weighted by Gasteiger charge is 2.36. The van der Waals surface area contributed by atoms with Gasteiger partial charge in [-0.3, -0.25) is 4.79 Å². The Labute approximate surface area is 118 Å². The largest absolute Gasteiger partial charge is 0.507 e. The van der Waals surface area contributed by atoms with Gasteiger partial charge in [0.2, 0.25) is 0 Å². The van der Waals surface area contributed by atoms with E-state index in [-0.39, 0.29) is 23.1 Å². The van der Waals surface area contributed by atoms with Crippen LogP contribution in [0.5, 0.6) is 11.5 Å². The van der Waals surface area contributed by atoms with Crippen LogP contribution in [0.3, 0.4) is 0 Å². The quantitative estimate of drug-likeness (QED) is 0.882. The van der Waals surface area contributed by atoms with E-state index in [1.807, 2.05) is 0 Å². The Hall–Kier alpha value is -1.75. The predicted octanol–water partition coefficient (Wildman–Crippen LogP) is 1.63. The molecule has 5 nitrogen and oxygen atoms in total. The molecule has 1 aliphatic rings. The van der Waals surface area contributed by atoms with Crippen LogP contribution in [0.1, 0.15) is 30.6 Å². The highest BCUT2D eigenvalue weighted by atomic mass is 16.5. The summed E-state index contributed by atoms with van der Waals surface area (Å²) in [7, 11) is 1.50. The number of hydrogen-bond acceptors (Lipinski definition) is 4. The topological polar surface area (TPSA) is 70.0 Å². The van der Waals surface area contributed by atoms with E-state index in [0.717, 1.165) is 6.42 Å². The number of likely N-dealkylation sites (tertiary alicyclic amines) is 1. The first kappa shape index (κ1) is 14.7. The van der Waals surface area contributed by atoms with Gasteiger partial charge in [-0.15, -0.1) is 0 Å². The number of methoxy groups -OCH3 is 1. The Morgan fingerprint density at radius 3 is 2.65 bits per heavy atom. The molecule has 2 N–H and O–H groups in total. The van der Waals surface area contributed by atoms with E-state index >= 15 is 0 Å². The zero-order valence-electron chi connectivity index (χ0n) is 12.1. The Bertz CT molecular complexity index is 507. The van der Waals surface area contributed by atoms with Crippen molar-refractivity contribution < 1.29 is 19.7 Å². The lowest BCUT2D eigenvalue weighted by atomic mass is 9.90. The fraction of sp³-hybridized carbons (Fsp3) is 0.533. The second-order valence-electron chi connectivity index (χ2n) is 5.77. The molecule has 0 radical (unpaired) electrons. The van der Waals surface area contributed by atoms with Crippen molar-refractivity contribution in [3.8, 4) is 11.5 Å². The van der Waals surface area contributed by atoms with Gasteiger partial charge in [0, 0.05) is 25.1 Å². The molecule has 1 fully saturated rings. The maximum absolute atomic E-state index is 12.4. The summed E-state index contributed by atoms with van der Waals surface area (Å²) in [6.45, 7) is 4.62. The maximum atomic E-state index is 12.4. The van der Waals surface area contributed by atoms with Crippen LogP contribution in [0.4, 0.5) is 0 Å². The number of phenolic OH excluding ortho intramolecular Hbond substituents is 1. The zero-order valence-corrected chi connectivity index (χ0v) is 12.1. The summed E-state index contributed by atoms with van der Waals surface area (Å²) in [5, 5.41) is 19.9. The molecule has 0 aliphatic carbocycles. The van der Waals surface area contributed by atoms with Crippen molar-refractivity contribution >= 4 is 5.91 Å². The summed E-state index contributed by atoms with van der Waals surface area (Å²) in [4.78, 5) is 14.1. The highest BCUT2D eigenvalue weighted by Crippen LogP contribution is 2.30. The van der Waals surface area contributed by atoms with E-state index in [1.165, 1.54) is 13.2 Å². The third-order valence-corrected chi connectivity index (χ3v) is 3.91. The molecular weight excluding hydrogens is 258 g/mol. The van der Waals surface area contributed by atoms with E-state index in [2.05, 4.69) is 0 Å². The first-order chi connectivity index (χ1) is 9.32. The van der Waals surface area contributed by atoms with Gasteiger partial charge in [0.05, 0.1) is 18.3 Å². The number of ether oxygens (including phenoxy) is 1. The Morgan fingerprint density at radius 2 is 2.15 bits per heavy atom. The zero-order chi connectivity index (χ0) is 14.9. The van der Waals surface area contributed by atoms with Crippen molar-refractivity contribution in [3.63, 3.8) is 0 Å². The van der Waals surface area contributed by atoms with E-state index < -0.39 is 5.60 Å². The van der Waals surface area contributed by atoms with Gasteiger partial charge in [-0.05, 0) is 32.4 Å². The van der Waals surface area contributed by atoms with Crippen molar-refractivity contribution in [3.05, 3.63) is 23.8 Å². The Balaban J connectivity index is 2.13. The number of carbonyl (C=O) groups is 1. The Morgan fingerprint density at radius 1 is 1.45 bits per heavy atom. The SMILES string of the molecule is COc1ccc(C(=O)N2CC[C@H](C(C)(C)O)C2)c(O)c1. The molecule has 1 aromatic rings. The van der Waals surface area contributed by atoms with Crippen LogP contribution in [0.15, 0.2) is 18.2 Å². The number of rotatable bonds is 3. The molecule has 0 spiro atoms. The second kappa shape index (κ2) is 5.32. The lowest BCUT2D eigenvalue weighted by Crippen LogP contribution is -2.35. The number of hydrogen-bond donors (Lipinski definition) is 2. The summed E-state index contributed by atoms with van der Waals surface area (Å²) in [6, 6.07) is 4.64. The van der Waals surface area contributed by atoms with Crippen molar-refractivity contribution in [1.29, 1.82) is 0 Å². The Kier molecular flexibility index (Phi) is 3.90. The molecule has 0 aromatic heterocycles. The molecule has 1 heterocycles. The molecule has 110 valence electrons. The molecule has 0 unspecified atom stereocenters. The third-order valence-electron chi connectivity index (χ3n) is 3.91. The molecule has 1 aromatic carbocycles. The monoisotopic (exact) mass is 279 g/mol. The number of carbonyl (C=O) groups excluding carboxylic acids is 1. The lowest BCUT2D eigenvalue weighted by molar-refractivity contribution is 0.0211. The summed E-state index contributed by atoms with van der Waals surface area (Å²) in [5.74, 6) is 0.277. The standard InChI is InChI=1S/C15H21NO4/c1-15(2,19)10-6-7-16(9-10)14(18)12-5-4-11(20-3)8-13(12)17/h4-5,8,10,17,19H,6-7,9H2,1-3H3/t10-/m0/s1. The molecule has 1 saturated heterocycles. The van der Waals surface area contributed by atoms with Crippen molar-refractivity contribution in [1.82, 2.24) is 4.90 Å². The number of aromatic hydroxyl groups is 1. The van der Waals surface area contributed by atoms with Crippen molar-refractivity contribution in [2.24, 2.45) is 5.92 Å². The second-order valence-corrected chi connectivity index (χ2v) is 5.77. The minimum Gasteiger partial charge on any atom is -0.507 e. The number of phenols is 1. The molecule has 1 amide bonds. The molecule has 5 heteroatoms. The first-order valence-corrected chi connectivity index (χ1v) is 6.71. The first-order valence-electron chi connectivity index (χ1n) is 6.71. The summed E-state index contributed by atoms with van der Waals surface area (Å²) in [5.41, 5.74) is -0.529. The van der Waals surface area contributed by atoms with Gasteiger partial charge in [-0.25, -0.2) is 0 Å².